The Morgan fingerprint density at radius 1 is 0.897 bits per heavy atom. The molecule has 0 fully saturated rings. The zero-order chi connectivity index (χ0) is 21.6. The number of nitrogens with one attached hydrogen (secondary N) is 1. The lowest BCUT2D eigenvalue weighted by Gasteiger charge is -2.31. The van der Waals surface area contributed by atoms with Crippen LogP contribution in [0.3, 0.4) is 0 Å². The third-order valence-corrected chi connectivity index (χ3v) is 7.07. The molecule has 0 aliphatic rings. The van der Waals surface area contributed by atoms with Crippen molar-refractivity contribution in [3.05, 3.63) is 65.0 Å². The molecular formula is C23H33FNO3P. The Morgan fingerprint density at radius 3 is 1.79 bits per heavy atom. The Kier molecular flexibility index (Phi) is 8.45. The summed E-state index contributed by atoms with van der Waals surface area (Å²) in [5.74, 6) is -0.562. The Hall–Kier alpha value is -1.68. The number of anilines is 1. The van der Waals surface area contributed by atoms with Gasteiger partial charge in [-0.1, -0.05) is 58.0 Å². The van der Waals surface area contributed by atoms with Crippen LogP contribution in [-0.2, 0) is 13.6 Å². The maximum atomic E-state index is 13.8. The molecule has 2 aromatic carbocycles. The minimum absolute atomic E-state index is 0.250. The Labute approximate surface area is 174 Å². The van der Waals surface area contributed by atoms with E-state index in [1.165, 1.54) is 12.1 Å². The second-order valence-electron chi connectivity index (χ2n) is 7.59. The molecule has 0 heterocycles. The molecule has 0 saturated heterocycles. The third kappa shape index (κ3) is 5.69. The van der Waals surface area contributed by atoms with Crippen LogP contribution < -0.4 is 5.32 Å². The van der Waals surface area contributed by atoms with E-state index in [1.807, 2.05) is 6.07 Å². The number of hydrogen-bond acceptors (Lipinski definition) is 4. The van der Waals surface area contributed by atoms with Crippen molar-refractivity contribution < 1.29 is 18.0 Å². The van der Waals surface area contributed by atoms with E-state index in [-0.39, 0.29) is 30.9 Å². The van der Waals surface area contributed by atoms with Gasteiger partial charge in [0.25, 0.3) is 0 Å². The number of rotatable bonds is 10. The van der Waals surface area contributed by atoms with Gasteiger partial charge in [-0.05, 0) is 54.5 Å². The van der Waals surface area contributed by atoms with Crippen molar-refractivity contribution in [3.8, 4) is 0 Å². The van der Waals surface area contributed by atoms with Crippen LogP contribution in [0.1, 0.15) is 75.9 Å². The quantitative estimate of drug-likeness (QED) is 0.405. The number of benzene rings is 2. The molecule has 0 spiro atoms. The van der Waals surface area contributed by atoms with Crippen LogP contribution in [0.5, 0.6) is 0 Å². The van der Waals surface area contributed by atoms with Crippen molar-refractivity contribution in [2.75, 3.05) is 18.5 Å². The Morgan fingerprint density at radius 2 is 1.38 bits per heavy atom. The summed E-state index contributed by atoms with van der Waals surface area (Å²) in [5, 5.41) is 3.49. The lowest BCUT2D eigenvalue weighted by atomic mass is 9.92. The molecule has 160 valence electrons. The second-order valence-corrected chi connectivity index (χ2v) is 9.71. The number of halogens is 1. The van der Waals surface area contributed by atoms with Crippen LogP contribution in [0.4, 0.5) is 10.1 Å². The van der Waals surface area contributed by atoms with E-state index >= 15 is 0 Å². The van der Waals surface area contributed by atoms with Gasteiger partial charge in [0, 0.05) is 5.69 Å². The first-order valence-electron chi connectivity index (χ1n) is 10.3. The van der Waals surface area contributed by atoms with E-state index in [9.17, 15) is 8.96 Å². The molecule has 4 nitrogen and oxygen atoms in total. The van der Waals surface area contributed by atoms with Gasteiger partial charge in [-0.3, -0.25) is 4.57 Å². The smallest absolute Gasteiger partial charge is 0.357 e. The highest BCUT2D eigenvalue weighted by Crippen LogP contribution is 2.61. The molecule has 1 unspecified atom stereocenters. The Bertz CT molecular complexity index is 800. The third-order valence-electron chi connectivity index (χ3n) is 4.77. The van der Waals surface area contributed by atoms with Crippen molar-refractivity contribution in [2.24, 2.45) is 0 Å². The van der Waals surface area contributed by atoms with Gasteiger partial charge >= 0.3 is 7.60 Å². The van der Waals surface area contributed by atoms with Gasteiger partial charge in [-0.25, -0.2) is 4.39 Å². The topological polar surface area (TPSA) is 47.6 Å². The highest BCUT2D eigenvalue weighted by Gasteiger charge is 2.38. The van der Waals surface area contributed by atoms with E-state index < -0.39 is 13.4 Å². The van der Waals surface area contributed by atoms with E-state index in [4.69, 9.17) is 9.05 Å². The SMILES string of the molecule is CCOP(=O)(OCC)C(Nc1c(C(C)C)cccc1C(C)C)c1ccc(F)cc1. The minimum atomic E-state index is -3.57. The Balaban J connectivity index is 2.65. The van der Waals surface area contributed by atoms with Crippen molar-refractivity contribution in [1.29, 1.82) is 0 Å². The highest BCUT2D eigenvalue weighted by atomic mass is 31.2. The number of para-hydroxylation sites is 1. The number of hydrogen-bond donors (Lipinski definition) is 1. The van der Waals surface area contributed by atoms with E-state index in [0.717, 1.165) is 16.8 Å². The lowest BCUT2D eigenvalue weighted by molar-refractivity contribution is 0.214. The normalized spacial score (nSPS) is 13.1. The molecule has 0 bridgehead atoms. The maximum Gasteiger partial charge on any atom is 0.357 e. The van der Waals surface area contributed by atoms with Crippen molar-refractivity contribution in [1.82, 2.24) is 0 Å². The fourth-order valence-electron chi connectivity index (χ4n) is 3.39. The molecule has 2 rings (SSSR count). The van der Waals surface area contributed by atoms with Gasteiger partial charge in [0.15, 0.2) is 5.78 Å². The summed E-state index contributed by atoms with van der Waals surface area (Å²) in [7, 11) is -3.57. The minimum Gasteiger partial charge on any atom is -0.367 e. The molecule has 0 aromatic heterocycles. The average molecular weight is 421 g/mol. The van der Waals surface area contributed by atoms with Crippen LogP contribution in [0.2, 0.25) is 0 Å². The molecule has 0 aliphatic carbocycles. The maximum absolute atomic E-state index is 13.8. The summed E-state index contributed by atoms with van der Waals surface area (Å²) in [6.07, 6.45) is 0. The predicted molar refractivity (Wildman–Crippen MR) is 118 cm³/mol. The first-order chi connectivity index (χ1) is 13.7. The second kappa shape index (κ2) is 10.4. The van der Waals surface area contributed by atoms with Crippen LogP contribution >= 0.6 is 7.60 Å². The summed E-state index contributed by atoms with van der Waals surface area (Å²) < 4.78 is 38.7. The summed E-state index contributed by atoms with van der Waals surface area (Å²) >= 11 is 0. The molecule has 0 aliphatic heterocycles. The fraction of sp³-hybridized carbons (Fsp3) is 0.478. The van der Waals surface area contributed by atoms with Crippen LogP contribution in [0.25, 0.3) is 0 Å². The lowest BCUT2D eigenvalue weighted by Crippen LogP contribution is -2.18. The van der Waals surface area contributed by atoms with Crippen LogP contribution in [0, 0.1) is 5.82 Å². The summed E-state index contributed by atoms with van der Waals surface area (Å²) in [6, 6.07) is 12.2. The van der Waals surface area contributed by atoms with E-state index in [0.29, 0.717) is 5.56 Å². The fourth-order valence-corrected chi connectivity index (χ4v) is 5.31. The highest BCUT2D eigenvalue weighted by molar-refractivity contribution is 7.54. The monoisotopic (exact) mass is 421 g/mol. The molecular weight excluding hydrogens is 388 g/mol. The summed E-state index contributed by atoms with van der Waals surface area (Å²) in [4.78, 5) is 0. The molecule has 0 amide bonds. The van der Waals surface area contributed by atoms with Crippen molar-refractivity contribution >= 4 is 13.3 Å². The van der Waals surface area contributed by atoms with Gasteiger partial charge < -0.3 is 14.4 Å². The standard InChI is InChI=1S/C23H33FNO3P/c1-7-27-29(26,28-8-2)23(18-12-14-19(24)15-13-18)25-22-20(16(3)4)10-9-11-21(22)17(5)6/h9-17,23,25H,7-8H2,1-6H3. The molecule has 1 N–H and O–H groups in total. The zero-order valence-corrected chi connectivity index (χ0v) is 19.1. The average Bonchev–Trinajstić information content (AvgIpc) is 2.67. The van der Waals surface area contributed by atoms with Gasteiger partial charge in [-0.15, -0.1) is 0 Å². The molecule has 29 heavy (non-hydrogen) atoms. The van der Waals surface area contributed by atoms with Gasteiger partial charge in [-0.2, -0.15) is 0 Å². The van der Waals surface area contributed by atoms with Crippen LogP contribution in [-0.4, -0.2) is 13.2 Å². The first kappa shape index (κ1) is 23.6. The molecule has 2 aromatic rings. The van der Waals surface area contributed by atoms with Gasteiger partial charge in [0.1, 0.15) is 5.82 Å². The largest absolute Gasteiger partial charge is 0.367 e. The molecule has 1 atom stereocenters. The van der Waals surface area contributed by atoms with Crippen molar-refractivity contribution in [2.45, 2.75) is 59.2 Å². The van der Waals surface area contributed by atoms with Crippen LogP contribution in [0.15, 0.2) is 42.5 Å². The predicted octanol–water partition coefficient (Wildman–Crippen LogP) is 7.45. The summed E-state index contributed by atoms with van der Waals surface area (Å²) in [6.45, 7) is 12.6. The molecule has 0 saturated carbocycles. The van der Waals surface area contributed by atoms with Crippen molar-refractivity contribution in [3.63, 3.8) is 0 Å². The first-order valence-corrected chi connectivity index (χ1v) is 11.9. The van der Waals surface area contributed by atoms with E-state index in [2.05, 4.69) is 45.1 Å². The summed E-state index contributed by atoms with van der Waals surface area (Å²) in [5.41, 5.74) is 3.85. The van der Waals surface area contributed by atoms with Gasteiger partial charge in [0.05, 0.1) is 13.2 Å². The van der Waals surface area contributed by atoms with Gasteiger partial charge in [0.2, 0.25) is 0 Å². The van der Waals surface area contributed by atoms with E-state index in [1.54, 1.807) is 26.0 Å². The molecule has 6 heteroatoms. The molecule has 0 radical (unpaired) electrons. The zero-order valence-electron chi connectivity index (χ0n) is 18.2.